The number of hydrogen-bond donors (Lipinski definition) is 3. The maximum absolute atomic E-state index is 12.7. The molecule has 1 heterocycles. The molecule has 1 unspecified atom stereocenters. The van der Waals surface area contributed by atoms with E-state index in [0.29, 0.717) is 12.0 Å². The second kappa shape index (κ2) is 9.03. The highest BCUT2D eigenvalue weighted by molar-refractivity contribution is 5.95. The van der Waals surface area contributed by atoms with E-state index in [0.717, 1.165) is 35.7 Å². The van der Waals surface area contributed by atoms with Crippen molar-refractivity contribution in [3.8, 4) is 0 Å². The van der Waals surface area contributed by atoms with Crippen molar-refractivity contribution < 1.29 is 14.7 Å². The third-order valence-corrected chi connectivity index (χ3v) is 4.72. The molecule has 0 bridgehead atoms. The largest absolute Gasteiger partial charge is 0.481 e. The van der Waals surface area contributed by atoms with Crippen molar-refractivity contribution in [2.75, 3.05) is 0 Å². The third kappa shape index (κ3) is 4.97. The zero-order valence-corrected chi connectivity index (χ0v) is 15.2. The number of benzene rings is 2. The monoisotopic (exact) mass is 364 g/mol. The number of unbranched alkanes of at least 4 members (excludes halogenated alkanes) is 2. The molecule has 3 rings (SSSR count). The van der Waals surface area contributed by atoms with E-state index in [1.54, 1.807) is 12.1 Å². The van der Waals surface area contributed by atoms with Gasteiger partial charge < -0.3 is 15.4 Å². The van der Waals surface area contributed by atoms with Crippen LogP contribution in [0.15, 0.2) is 60.8 Å². The molecule has 0 saturated heterocycles. The van der Waals surface area contributed by atoms with E-state index >= 15 is 0 Å². The van der Waals surface area contributed by atoms with Gasteiger partial charge in [-0.2, -0.15) is 0 Å². The number of hydrogen-bond acceptors (Lipinski definition) is 2. The Bertz CT molecular complexity index is 902. The Morgan fingerprint density at radius 1 is 0.963 bits per heavy atom. The van der Waals surface area contributed by atoms with E-state index in [2.05, 4.69) is 10.3 Å². The molecular formula is C22H24N2O3. The van der Waals surface area contributed by atoms with Gasteiger partial charge in [-0.25, -0.2) is 0 Å². The number of aromatic nitrogens is 1. The Balaban J connectivity index is 1.74. The minimum absolute atomic E-state index is 0.101. The van der Waals surface area contributed by atoms with Gasteiger partial charge in [-0.15, -0.1) is 0 Å². The van der Waals surface area contributed by atoms with E-state index in [1.165, 1.54) is 0 Å². The molecule has 3 aromatic rings. The summed E-state index contributed by atoms with van der Waals surface area (Å²) in [5.74, 6) is -0.864. The number of carbonyl (C=O) groups is 2. The molecule has 0 aliphatic heterocycles. The predicted octanol–water partition coefficient (Wildman–Crippen LogP) is 4.67. The van der Waals surface area contributed by atoms with Crippen LogP contribution in [0.3, 0.4) is 0 Å². The average Bonchev–Trinajstić information content (AvgIpc) is 3.11. The fourth-order valence-corrected chi connectivity index (χ4v) is 3.32. The smallest absolute Gasteiger partial charge is 0.303 e. The molecule has 5 nitrogen and oxygen atoms in total. The van der Waals surface area contributed by atoms with Gasteiger partial charge >= 0.3 is 5.97 Å². The minimum atomic E-state index is -0.763. The Morgan fingerprint density at radius 3 is 2.48 bits per heavy atom. The summed E-state index contributed by atoms with van der Waals surface area (Å²) in [5, 5.41) is 13.0. The molecule has 27 heavy (non-hydrogen) atoms. The first-order valence-corrected chi connectivity index (χ1v) is 9.29. The summed E-state index contributed by atoms with van der Waals surface area (Å²) in [4.78, 5) is 26.6. The van der Waals surface area contributed by atoms with Crippen LogP contribution in [0.1, 0.15) is 54.1 Å². The molecule has 2 aromatic carbocycles. The van der Waals surface area contributed by atoms with Crippen molar-refractivity contribution in [2.45, 2.75) is 38.1 Å². The number of H-pyrrole nitrogens is 1. The van der Waals surface area contributed by atoms with Gasteiger partial charge in [0, 0.05) is 29.1 Å². The first-order valence-electron chi connectivity index (χ1n) is 9.29. The van der Waals surface area contributed by atoms with Gasteiger partial charge in [0.15, 0.2) is 0 Å². The van der Waals surface area contributed by atoms with Crippen LogP contribution in [0, 0.1) is 0 Å². The summed E-state index contributed by atoms with van der Waals surface area (Å²) in [6.45, 7) is 0. The number of fused-ring (bicyclic) bond motifs is 1. The molecule has 3 N–H and O–H groups in total. The highest BCUT2D eigenvalue weighted by Crippen LogP contribution is 2.28. The minimum Gasteiger partial charge on any atom is -0.481 e. The number of para-hydroxylation sites is 1. The summed E-state index contributed by atoms with van der Waals surface area (Å²) < 4.78 is 0. The van der Waals surface area contributed by atoms with Crippen molar-refractivity contribution in [1.29, 1.82) is 0 Å². The highest BCUT2D eigenvalue weighted by atomic mass is 16.4. The molecule has 1 aromatic heterocycles. The van der Waals surface area contributed by atoms with Crippen LogP contribution in [0.5, 0.6) is 0 Å². The van der Waals surface area contributed by atoms with Gasteiger partial charge in [0.05, 0.1) is 6.04 Å². The van der Waals surface area contributed by atoms with Crippen LogP contribution < -0.4 is 5.32 Å². The number of carboxylic acid groups (broad SMARTS) is 1. The van der Waals surface area contributed by atoms with E-state index in [9.17, 15) is 9.59 Å². The molecule has 140 valence electrons. The molecule has 1 amide bonds. The summed E-state index contributed by atoms with van der Waals surface area (Å²) in [5.41, 5.74) is 2.73. The Labute approximate surface area is 158 Å². The van der Waals surface area contributed by atoms with E-state index in [1.807, 2.05) is 48.7 Å². The predicted molar refractivity (Wildman–Crippen MR) is 106 cm³/mol. The van der Waals surface area contributed by atoms with Gasteiger partial charge in [0.2, 0.25) is 0 Å². The quantitative estimate of drug-likeness (QED) is 0.482. The first kappa shape index (κ1) is 18.7. The normalized spacial score (nSPS) is 12.0. The molecule has 5 heteroatoms. The number of aliphatic carboxylic acids is 1. The number of amides is 1. The summed E-state index contributed by atoms with van der Waals surface area (Å²) in [6, 6.07) is 17.1. The second-order valence-electron chi connectivity index (χ2n) is 6.67. The molecule has 0 aliphatic rings. The number of carbonyl (C=O) groups excluding carboxylic acids is 1. The van der Waals surface area contributed by atoms with Crippen LogP contribution in [-0.2, 0) is 4.79 Å². The fourth-order valence-electron chi connectivity index (χ4n) is 3.32. The van der Waals surface area contributed by atoms with Crippen molar-refractivity contribution in [1.82, 2.24) is 10.3 Å². The maximum Gasteiger partial charge on any atom is 0.303 e. The summed E-state index contributed by atoms with van der Waals surface area (Å²) in [7, 11) is 0. The van der Waals surface area contributed by atoms with E-state index in [4.69, 9.17) is 5.11 Å². The lowest BCUT2D eigenvalue weighted by atomic mass is 9.98. The Hall–Kier alpha value is -3.08. The zero-order chi connectivity index (χ0) is 19.1. The number of carboxylic acids is 1. The van der Waals surface area contributed by atoms with Gasteiger partial charge in [-0.05, 0) is 36.6 Å². The van der Waals surface area contributed by atoms with Crippen LogP contribution >= 0.6 is 0 Å². The SMILES string of the molecule is O=C(O)CCCCCC(NC(=O)c1ccccc1)c1c[nH]c2ccccc12. The lowest BCUT2D eigenvalue weighted by molar-refractivity contribution is -0.137. The van der Waals surface area contributed by atoms with E-state index in [-0.39, 0.29) is 18.4 Å². The molecular weight excluding hydrogens is 340 g/mol. The van der Waals surface area contributed by atoms with Crippen molar-refractivity contribution >= 4 is 22.8 Å². The standard InChI is InChI=1S/C22H24N2O3/c25-21(26)14-6-2-5-13-20(24-22(27)16-9-3-1-4-10-16)18-15-23-19-12-8-7-11-17(18)19/h1,3-4,7-12,15,20,23H,2,5-6,13-14H2,(H,24,27)(H,25,26). The van der Waals surface area contributed by atoms with Gasteiger partial charge in [-0.3, -0.25) is 9.59 Å². The molecule has 0 fully saturated rings. The zero-order valence-electron chi connectivity index (χ0n) is 15.2. The van der Waals surface area contributed by atoms with Crippen LogP contribution in [0.2, 0.25) is 0 Å². The number of nitrogens with one attached hydrogen (secondary N) is 2. The van der Waals surface area contributed by atoms with Gasteiger partial charge in [0.25, 0.3) is 5.91 Å². The molecule has 0 saturated carbocycles. The summed E-state index contributed by atoms with van der Waals surface area (Å²) in [6.07, 6.45) is 5.24. The third-order valence-electron chi connectivity index (χ3n) is 4.72. The topological polar surface area (TPSA) is 82.2 Å². The lowest BCUT2D eigenvalue weighted by Gasteiger charge is -2.19. The molecule has 0 aliphatic carbocycles. The van der Waals surface area contributed by atoms with Crippen molar-refractivity contribution in [2.24, 2.45) is 0 Å². The van der Waals surface area contributed by atoms with Crippen molar-refractivity contribution in [3.05, 3.63) is 71.9 Å². The lowest BCUT2D eigenvalue weighted by Crippen LogP contribution is -2.28. The second-order valence-corrected chi connectivity index (χ2v) is 6.67. The maximum atomic E-state index is 12.7. The van der Waals surface area contributed by atoms with Crippen LogP contribution in [-0.4, -0.2) is 22.0 Å². The molecule has 0 radical (unpaired) electrons. The first-order chi connectivity index (χ1) is 13.1. The summed E-state index contributed by atoms with van der Waals surface area (Å²) >= 11 is 0. The number of rotatable bonds is 9. The highest BCUT2D eigenvalue weighted by Gasteiger charge is 2.18. The number of aromatic amines is 1. The fraction of sp³-hybridized carbons (Fsp3) is 0.273. The van der Waals surface area contributed by atoms with Gasteiger partial charge in [0.1, 0.15) is 0 Å². The van der Waals surface area contributed by atoms with Gasteiger partial charge in [-0.1, -0.05) is 49.2 Å². The molecule has 1 atom stereocenters. The van der Waals surface area contributed by atoms with Crippen LogP contribution in [0.25, 0.3) is 10.9 Å². The molecule has 0 spiro atoms. The van der Waals surface area contributed by atoms with E-state index < -0.39 is 5.97 Å². The Kier molecular flexibility index (Phi) is 6.26. The Morgan fingerprint density at radius 2 is 1.70 bits per heavy atom. The van der Waals surface area contributed by atoms with Crippen LogP contribution in [0.4, 0.5) is 0 Å². The average molecular weight is 364 g/mol. The van der Waals surface area contributed by atoms with Crippen molar-refractivity contribution in [3.63, 3.8) is 0 Å².